The highest BCUT2D eigenvalue weighted by Crippen LogP contribution is 2.35. The molecule has 3 nitrogen and oxygen atoms in total. The quantitative estimate of drug-likeness (QED) is 0.286. The molecule has 0 spiro atoms. The Balaban J connectivity index is 1.64. The molecule has 4 aromatic carbocycles. The maximum atomic E-state index is 13.6. The number of fused-ring (bicyclic) bond motifs is 2. The highest BCUT2D eigenvalue weighted by Gasteiger charge is 2.13. The van der Waals surface area contributed by atoms with Crippen molar-refractivity contribution in [3.8, 4) is 0 Å². The molecule has 0 atom stereocenters. The lowest BCUT2D eigenvalue weighted by Gasteiger charge is -2.13. The molecule has 5 aromatic rings. The van der Waals surface area contributed by atoms with E-state index in [1.807, 2.05) is 36.4 Å². The van der Waals surface area contributed by atoms with Crippen LogP contribution in [0.3, 0.4) is 0 Å². The standard InChI is InChI=1S/C24H14ClF2N3S/c25-19-13-17(7-10-20(19)27)28-23-24(31-18-8-5-16(26)6-9-18)30-22-12-15-4-2-1-3-14(15)11-21(22)29-23/h1-13H,(H,28,29). The van der Waals surface area contributed by atoms with Gasteiger partial charge in [-0.3, -0.25) is 0 Å². The first-order valence-electron chi connectivity index (χ1n) is 9.41. The molecule has 0 saturated heterocycles. The second-order valence-electron chi connectivity index (χ2n) is 6.88. The van der Waals surface area contributed by atoms with Gasteiger partial charge in [-0.15, -0.1) is 0 Å². The Morgan fingerprint density at radius 2 is 1.45 bits per heavy atom. The van der Waals surface area contributed by atoms with E-state index in [0.717, 1.165) is 26.7 Å². The summed E-state index contributed by atoms with van der Waals surface area (Å²) < 4.78 is 26.9. The van der Waals surface area contributed by atoms with Gasteiger partial charge in [0.25, 0.3) is 0 Å². The van der Waals surface area contributed by atoms with Gasteiger partial charge in [0.05, 0.1) is 16.1 Å². The number of rotatable bonds is 4. The van der Waals surface area contributed by atoms with Crippen LogP contribution in [0.25, 0.3) is 21.8 Å². The Kier molecular flexibility index (Phi) is 5.18. The minimum absolute atomic E-state index is 0.0116. The van der Waals surface area contributed by atoms with Gasteiger partial charge < -0.3 is 5.32 Å². The molecular weight excluding hydrogens is 436 g/mol. The van der Waals surface area contributed by atoms with Gasteiger partial charge in [-0.05, 0) is 65.4 Å². The predicted molar refractivity (Wildman–Crippen MR) is 122 cm³/mol. The third kappa shape index (κ3) is 4.17. The van der Waals surface area contributed by atoms with E-state index in [4.69, 9.17) is 21.6 Å². The fourth-order valence-corrected chi connectivity index (χ4v) is 4.22. The molecular formula is C24H14ClF2N3S. The minimum Gasteiger partial charge on any atom is -0.338 e. The summed E-state index contributed by atoms with van der Waals surface area (Å²) in [5.74, 6) is -0.302. The molecule has 0 aliphatic carbocycles. The van der Waals surface area contributed by atoms with Gasteiger partial charge in [0, 0.05) is 10.6 Å². The topological polar surface area (TPSA) is 37.8 Å². The van der Waals surface area contributed by atoms with E-state index in [9.17, 15) is 8.78 Å². The van der Waals surface area contributed by atoms with Crippen LogP contribution in [-0.2, 0) is 0 Å². The van der Waals surface area contributed by atoms with Crippen LogP contribution >= 0.6 is 23.4 Å². The van der Waals surface area contributed by atoms with Crippen molar-refractivity contribution in [1.29, 1.82) is 0 Å². The lowest BCUT2D eigenvalue weighted by Crippen LogP contribution is -2.00. The van der Waals surface area contributed by atoms with Crippen LogP contribution in [0.15, 0.2) is 88.8 Å². The number of nitrogens with zero attached hydrogens (tertiary/aromatic N) is 2. The summed E-state index contributed by atoms with van der Waals surface area (Å²) in [5.41, 5.74) is 2.05. The summed E-state index contributed by atoms with van der Waals surface area (Å²) in [7, 11) is 0. The van der Waals surface area contributed by atoms with Crippen molar-refractivity contribution in [2.75, 3.05) is 5.32 Å². The van der Waals surface area contributed by atoms with Gasteiger partial charge >= 0.3 is 0 Å². The molecule has 0 radical (unpaired) electrons. The molecule has 7 heteroatoms. The Morgan fingerprint density at radius 1 is 0.774 bits per heavy atom. The number of halogens is 3. The van der Waals surface area contributed by atoms with Crippen LogP contribution in [-0.4, -0.2) is 9.97 Å². The summed E-state index contributed by atoms with van der Waals surface area (Å²) >= 11 is 7.29. The average molecular weight is 450 g/mol. The summed E-state index contributed by atoms with van der Waals surface area (Å²) in [6.07, 6.45) is 0. The Morgan fingerprint density at radius 3 is 2.13 bits per heavy atom. The Labute approximate surface area is 186 Å². The fourth-order valence-electron chi connectivity index (χ4n) is 3.20. The summed E-state index contributed by atoms with van der Waals surface area (Å²) in [6, 6.07) is 22.5. The summed E-state index contributed by atoms with van der Waals surface area (Å²) in [5, 5.41) is 5.93. The number of hydrogen-bond donors (Lipinski definition) is 1. The van der Waals surface area contributed by atoms with E-state index in [-0.39, 0.29) is 10.8 Å². The van der Waals surface area contributed by atoms with Gasteiger partial charge in [0.15, 0.2) is 5.82 Å². The van der Waals surface area contributed by atoms with Gasteiger partial charge in [-0.2, -0.15) is 0 Å². The van der Waals surface area contributed by atoms with Crippen molar-refractivity contribution >= 4 is 56.7 Å². The summed E-state index contributed by atoms with van der Waals surface area (Å²) in [4.78, 5) is 10.4. The maximum absolute atomic E-state index is 13.6. The van der Waals surface area contributed by atoms with Crippen LogP contribution < -0.4 is 5.32 Å². The minimum atomic E-state index is -0.496. The zero-order valence-corrected chi connectivity index (χ0v) is 17.5. The SMILES string of the molecule is Fc1ccc(Sc2nc3cc4ccccc4cc3nc2Nc2ccc(F)c(Cl)c2)cc1. The number of aromatic nitrogens is 2. The van der Waals surface area contributed by atoms with Crippen LogP contribution in [0.4, 0.5) is 20.3 Å². The van der Waals surface area contributed by atoms with Crippen molar-refractivity contribution in [3.63, 3.8) is 0 Å². The molecule has 5 rings (SSSR count). The summed E-state index contributed by atoms with van der Waals surface area (Å²) in [6.45, 7) is 0. The van der Waals surface area contributed by atoms with Crippen molar-refractivity contribution < 1.29 is 8.78 Å². The molecule has 1 heterocycles. The van der Waals surface area contributed by atoms with Crippen LogP contribution in [0.1, 0.15) is 0 Å². The van der Waals surface area contributed by atoms with E-state index in [0.29, 0.717) is 16.5 Å². The average Bonchev–Trinajstić information content (AvgIpc) is 2.77. The van der Waals surface area contributed by atoms with Gasteiger partial charge in [0.2, 0.25) is 0 Å². The fraction of sp³-hybridized carbons (Fsp3) is 0. The molecule has 0 unspecified atom stereocenters. The molecule has 0 amide bonds. The first-order chi connectivity index (χ1) is 15.0. The molecule has 1 N–H and O–H groups in total. The Hall–Kier alpha value is -3.22. The predicted octanol–water partition coefficient (Wildman–Crippen LogP) is 7.61. The maximum Gasteiger partial charge on any atom is 0.164 e. The van der Waals surface area contributed by atoms with Crippen molar-refractivity contribution in [1.82, 2.24) is 9.97 Å². The molecule has 0 fully saturated rings. The zero-order chi connectivity index (χ0) is 21.4. The second-order valence-corrected chi connectivity index (χ2v) is 8.34. The van der Waals surface area contributed by atoms with Crippen LogP contribution in [0, 0.1) is 11.6 Å². The number of benzene rings is 4. The Bertz CT molecular complexity index is 1420. The number of hydrogen-bond acceptors (Lipinski definition) is 4. The molecule has 0 bridgehead atoms. The lowest BCUT2D eigenvalue weighted by molar-refractivity contribution is 0.626. The highest BCUT2D eigenvalue weighted by atomic mass is 35.5. The molecule has 0 saturated carbocycles. The van der Waals surface area contributed by atoms with E-state index in [1.165, 1.54) is 36.0 Å². The van der Waals surface area contributed by atoms with Crippen molar-refractivity contribution in [2.45, 2.75) is 9.92 Å². The first-order valence-corrected chi connectivity index (χ1v) is 10.6. The number of nitrogens with one attached hydrogen (secondary N) is 1. The highest BCUT2D eigenvalue weighted by molar-refractivity contribution is 7.99. The van der Waals surface area contributed by atoms with E-state index < -0.39 is 5.82 Å². The first kappa shape index (κ1) is 19.7. The third-order valence-electron chi connectivity index (χ3n) is 4.71. The van der Waals surface area contributed by atoms with Gasteiger partial charge in [0.1, 0.15) is 16.7 Å². The zero-order valence-electron chi connectivity index (χ0n) is 15.9. The van der Waals surface area contributed by atoms with E-state index in [2.05, 4.69) is 5.32 Å². The normalized spacial score (nSPS) is 11.2. The second kappa shape index (κ2) is 8.13. The van der Waals surface area contributed by atoms with Crippen LogP contribution in [0.2, 0.25) is 5.02 Å². The van der Waals surface area contributed by atoms with E-state index >= 15 is 0 Å². The molecule has 31 heavy (non-hydrogen) atoms. The van der Waals surface area contributed by atoms with Crippen molar-refractivity contribution in [2.24, 2.45) is 0 Å². The molecule has 0 aliphatic heterocycles. The third-order valence-corrected chi connectivity index (χ3v) is 5.99. The lowest BCUT2D eigenvalue weighted by atomic mass is 10.1. The smallest absolute Gasteiger partial charge is 0.164 e. The van der Waals surface area contributed by atoms with E-state index in [1.54, 1.807) is 18.2 Å². The van der Waals surface area contributed by atoms with Gasteiger partial charge in [-0.1, -0.05) is 47.6 Å². The van der Waals surface area contributed by atoms with Crippen LogP contribution in [0.5, 0.6) is 0 Å². The molecule has 0 aliphatic rings. The van der Waals surface area contributed by atoms with Crippen molar-refractivity contribution in [3.05, 3.63) is 95.5 Å². The van der Waals surface area contributed by atoms with Gasteiger partial charge in [-0.25, -0.2) is 18.7 Å². The largest absolute Gasteiger partial charge is 0.338 e. The molecule has 152 valence electrons. The number of anilines is 2. The monoisotopic (exact) mass is 449 g/mol. The molecule has 1 aromatic heterocycles.